The van der Waals surface area contributed by atoms with Gasteiger partial charge in [-0.3, -0.25) is 4.98 Å². The highest BCUT2D eigenvalue weighted by atomic mass is 19.4. The SMILES string of the molecule is CC(C)Oc1ccc(C2NNNC2C#N)cc1-c1ccc(C(F)(F)F)nc1. The third kappa shape index (κ3) is 4.19. The number of alkyl halides is 3. The van der Waals surface area contributed by atoms with E-state index in [1.165, 1.54) is 12.3 Å². The minimum absolute atomic E-state index is 0.114. The number of benzene rings is 1. The summed E-state index contributed by atoms with van der Waals surface area (Å²) in [6.07, 6.45) is -3.44. The van der Waals surface area contributed by atoms with E-state index < -0.39 is 17.9 Å². The molecule has 0 aliphatic carbocycles. The van der Waals surface area contributed by atoms with E-state index in [-0.39, 0.29) is 12.1 Å². The maximum atomic E-state index is 12.8. The van der Waals surface area contributed by atoms with Gasteiger partial charge < -0.3 is 4.74 Å². The molecule has 1 aliphatic rings. The van der Waals surface area contributed by atoms with Crippen LogP contribution in [0.4, 0.5) is 13.2 Å². The van der Waals surface area contributed by atoms with Crippen molar-refractivity contribution in [3.05, 3.63) is 47.8 Å². The van der Waals surface area contributed by atoms with E-state index in [4.69, 9.17) is 4.74 Å². The molecule has 2 aromatic rings. The molecule has 27 heavy (non-hydrogen) atoms. The zero-order valence-corrected chi connectivity index (χ0v) is 14.6. The lowest BCUT2D eigenvalue weighted by atomic mass is 9.96. The number of aromatic nitrogens is 1. The third-order valence-corrected chi connectivity index (χ3v) is 4.02. The summed E-state index contributed by atoms with van der Waals surface area (Å²) in [5, 5.41) is 9.23. The largest absolute Gasteiger partial charge is 0.490 e. The Balaban J connectivity index is 2.02. The molecule has 0 radical (unpaired) electrons. The molecule has 0 spiro atoms. The maximum absolute atomic E-state index is 12.8. The number of nitrogens with one attached hydrogen (secondary N) is 3. The molecule has 2 atom stereocenters. The van der Waals surface area contributed by atoms with Crippen molar-refractivity contribution in [1.82, 2.24) is 21.4 Å². The van der Waals surface area contributed by atoms with Crippen LogP contribution in [-0.2, 0) is 6.18 Å². The van der Waals surface area contributed by atoms with Gasteiger partial charge in [-0.2, -0.15) is 24.0 Å². The number of hydrogen-bond donors (Lipinski definition) is 3. The molecule has 9 heteroatoms. The van der Waals surface area contributed by atoms with Crippen molar-refractivity contribution in [2.75, 3.05) is 0 Å². The van der Waals surface area contributed by atoms with Crippen LogP contribution in [0.5, 0.6) is 5.75 Å². The Bertz CT molecular complexity index is 846. The molecule has 1 fully saturated rings. The lowest BCUT2D eigenvalue weighted by Crippen LogP contribution is -2.32. The van der Waals surface area contributed by atoms with Crippen molar-refractivity contribution >= 4 is 0 Å². The fourth-order valence-electron chi connectivity index (χ4n) is 2.79. The summed E-state index contributed by atoms with van der Waals surface area (Å²) in [6.45, 7) is 3.72. The first kappa shape index (κ1) is 19.1. The van der Waals surface area contributed by atoms with Gasteiger partial charge in [0.05, 0.1) is 18.2 Å². The van der Waals surface area contributed by atoms with Crippen molar-refractivity contribution < 1.29 is 17.9 Å². The molecule has 3 rings (SSSR count). The predicted octanol–water partition coefficient (Wildman–Crippen LogP) is 3.10. The van der Waals surface area contributed by atoms with Gasteiger partial charge in [-0.25, -0.2) is 10.9 Å². The van der Waals surface area contributed by atoms with Crippen LogP contribution in [0.15, 0.2) is 36.5 Å². The van der Waals surface area contributed by atoms with Crippen molar-refractivity contribution in [2.24, 2.45) is 0 Å². The first-order valence-corrected chi connectivity index (χ1v) is 8.29. The number of hydrogen-bond acceptors (Lipinski definition) is 6. The van der Waals surface area contributed by atoms with E-state index in [1.54, 1.807) is 12.1 Å². The topological polar surface area (TPSA) is 82.0 Å². The van der Waals surface area contributed by atoms with Gasteiger partial charge in [0.15, 0.2) is 0 Å². The monoisotopic (exact) mass is 377 g/mol. The second-order valence-corrected chi connectivity index (χ2v) is 6.35. The molecule has 2 heterocycles. The summed E-state index contributed by atoms with van der Waals surface area (Å²) < 4.78 is 44.2. The Morgan fingerprint density at radius 2 is 1.96 bits per heavy atom. The van der Waals surface area contributed by atoms with Crippen LogP contribution in [0.3, 0.4) is 0 Å². The van der Waals surface area contributed by atoms with Crippen LogP contribution < -0.4 is 21.1 Å². The minimum atomic E-state index is -4.50. The van der Waals surface area contributed by atoms with Crippen LogP contribution in [0.25, 0.3) is 11.1 Å². The van der Waals surface area contributed by atoms with Gasteiger partial charge in [0.25, 0.3) is 0 Å². The number of nitrogens with zero attached hydrogens (tertiary/aromatic N) is 2. The van der Waals surface area contributed by atoms with E-state index in [0.717, 1.165) is 11.6 Å². The second kappa shape index (κ2) is 7.52. The van der Waals surface area contributed by atoms with Crippen LogP contribution in [0.2, 0.25) is 0 Å². The molecule has 1 saturated heterocycles. The maximum Gasteiger partial charge on any atom is 0.433 e. The number of nitriles is 1. The summed E-state index contributed by atoms with van der Waals surface area (Å²) in [6, 6.07) is 8.97. The smallest absolute Gasteiger partial charge is 0.433 e. The number of pyridine rings is 1. The first-order valence-electron chi connectivity index (χ1n) is 8.29. The highest BCUT2D eigenvalue weighted by Crippen LogP contribution is 2.35. The van der Waals surface area contributed by atoms with Crippen LogP contribution >= 0.6 is 0 Å². The molecule has 1 aromatic carbocycles. The van der Waals surface area contributed by atoms with E-state index in [2.05, 4.69) is 27.4 Å². The van der Waals surface area contributed by atoms with E-state index >= 15 is 0 Å². The number of ether oxygens (including phenoxy) is 1. The van der Waals surface area contributed by atoms with Gasteiger partial charge >= 0.3 is 6.18 Å². The lowest BCUT2D eigenvalue weighted by molar-refractivity contribution is -0.141. The number of rotatable bonds is 4. The molecular formula is C18H18F3N5O. The van der Waals surface area contributed by atoms with Crippen molar-refractivity contribution in [3.8, 4) is 22.9 Å². The van der Waals surface area contributed by atoms with E-state index in [1.807, 2.05) is 19.9 Å². The summed E-state index contributed by atoms with van der Waals surface area (Å²) >= 11 is 0. The van der Waals surface area contributed by atoms with Crippen LogP contribution in [0.1, 0.15) is 31.1 Å². The summed E-state index contributed by atoms with van der Waals surface area (Å²) in [5.74, 6) is 0.530. The van der Waals surface area contributed by atoms with Crippen molar-refractivity contribution in [3.63, 3.8) is 0 Å². The Hall–Kier alpha value is -2.67. The van der Waals surface area contributed by atoms with Gasteiger partial charge in [0, 0.05) is 17.3 Å². The van der Waals surface area contributed by atoms with Crippen LogP contribution in [-0.4, -0.2) is 17.1 Å². The highest BCUT2D eigenvalue weighted by Gasteiger charge is 2.32. The molecule has 6 nitrogen and oxygen atoms in total. The van der Waals surface area contributed by atoms with Gasteiger partial charge in [-0.15, -0.1) is 0 Å². The summed E-state index contributed by atoms with van der Waals surface area (Å²) in [7, 11) is 0. The Labute approximate surface area is 154 Å². The van der Waals surface area contributed by atoms with Gasteiger partial charge in [0.1, 0.15) is 17.5 Å². The minimum Gasteiger partial charge on any atom is -0.490 e. The van der Waals surface area contributed by atoms with Gasteiger partial charge in [-0.1, -0.05) is 12.1 Å². The normalized spacial score (nSPS) is 19.9. The van der Waals surface area contributed by atoms with Crippen molar-refractivity contribution in [2.45, 2.75) is 38.2 Å². The average molecular weight is 377 g/mol. The van der Waals surface area contributed by atoms with E-state index in [9.17, 15) is 18.4 Å². The van der Waals surface area contributed by atoms with Crippen LogP contribution in [0, 0.1) is 11.3 Å². The van der Waals surface area contributed by atoms with Gasteiger partial charge in [0.2, 0.25) is 0 Å². The number of hydrazine groups is 2. The van der Waals surface area contributed by atoms with Gasteiger partial charge in [-0.05, 0) is 37.6 Å². The fraction of sp³-hybridized carbons (Fsp3) is 0.333. The summed E-state index contributed by atoms with van der Waals surface area (Å²) in [5.41, 5.74) is 9.38. The highest BCUT2D eigenvalue weighted by molar-refractivity contribution is 5.71. The van der Waals surface area contributed by atoms with E-state index in [0.29, 0.717) is 16.9 Å². The number of halogens is 3. The molecular weight excluding hydrogens is 359 g/mol. The fourth-order valence-corrected chi connectivity index (χ4v) is 2.79. The molecule has 0 amide bonds. The molecule has 142 valence electrons. The average Bonchev–Trinajstić information content (AvgIpc) is 3.10. The summed E-state index contributed by atoms with van der Waals surface area (Å²) in [4.78, 5) is 3.53. The van der Waals surface area contributed by atoms with Crippen molar-refractivity contribution in [1.29, 1.82) is 5.26 Å². The molecule has 0 saturated carbocycles. The standard InChI is InChI=1S/C18H18F3N5O/c1-10(2)27-15-5-3-11(17-14(8-22)24-26-25-17)7-13(15)12-4-6-16(23-9-12)18(19,20)21/h3-7,9-10,14,17,24-26H,1-2H3. The molecule has 2 unspecified atom stereocenters. The predicted molar refractivity (Wildman–Crippen MR) is 92.0 cm³/mol. The Morgan fingerprint density at radius 1 is 1.19 bits per heavy atom. The Kier molecular flexibility index (Phi) is 5.32. The Morgan fingerprint density at radius 3 is 2.56 bits per heavy atom. The second-order valence-electron chi connectivity index (χ2n) is 6.35. The zero-order chi connectivity index (χ0) is 19.6. The zero-order valence-electron chi connectivity index (χ0n) is 14.6. The molecule has 1 aromatic heterocycles. The molecule has 0 bridgehead atoms. The third-order valence-electron chi connectivity index (χ3n) is 4.02. The molecule has 3 N–H and O–H groups in total. The molecule has 1 aliphatic heterocycles. The lowest BCUT2D eigenvalue weighted by Gasteiger charge is -2.19. The quantitative estimate of drug-likeness (QED) is 0.760. The first-order chi connectivity index (χ1) is 12.8.